The highest BCUT2D eigenvalue weighted by Gasteiger charge is 2.06. The Morgan fingerprint density at radius 3 is 2.93 bits per heavy atom. The molecular weight excluding hydrogens is 212 g/mol. The van der Waals surface area contributed by atoms with Gasteiger partial charge in [0.15, 0.2) is 0 Å². The largest absolute Gasteiger partial charge is 0.440 e. The molecule has 2 rings (SSSR count). The standard InChI is InChI=1S/C10H10N2O2S/c1-7(13)8-2-3-11-9(6-8)15-10-12-4-5-14-10/h2-7,13H,1H3. The van der Waals surface area contributed by atoms with Crippen LogP contribution in [-0.4, -0.2) is 15.1 Å². The molecule has 0 spiro atoms. The second-order valence-corrected chi connectivity index (χ2v) is 3.98. The minimum Gasteiger partial charge on any atom is -0.440 e. The second-order valence-electron chi connectivity index (χ2n) is 3.00. The maximum atomic E-state index is 9.40. The first-order chi connectivity index (χ1) is 7.25. The van der Waals surface area contributed by atoms with Gasteiger partial charge in [-0.3, -0.25) is 0 Å². The smallest absolute Gasteiger partial charge is 0.261 e. The van der Waals surface area contributed by atoms with Gasteiger partial charge in [0.05, 0.1) is 12.3 Å². The molecule has 15 heavy (non-hydrogen) atoms. The Morgan fingerprint density at radius 1 is 1.40 bits per heavy atom. The highest BCUT2D eigenvalue weighted by atomic mass is 32.2. The second kappa shape index (κ2) is 4.46. The first kappa shape index (κ1) is 10.2. The molecule has 0 amide bonds. The highest BCUT2D eigenvalue weighted by molar-refractivity contribution is 7.99. The van der Waals surface area contributed by atoms with E-state index in [2.05, 4.69) is 9.97 Å². The Balaban J connectivity index is 2.18. The third-order valence-corrected chi connectivity index (χ3v) is 2.65. The van der Waals surface area contributed by atoms with Crippen LogP contribution in [0, 0.1) is 0 Å². The van der Waals surface area contributed by atoms with E-state index in [1.54, 1.807) is 25.4 Å². The first-order valence-electron chi connectivity index (χ1n) is 4.47. The molecule has 0 aliphatic heterocycles. The van der Waals surface area contributed by atoms with Crippen LogP contribution < -0.4 is 0 Å². The summed E-state index contributed by atoms with van der Waals surface area (Å²) < 4.78 is 5.09. The monoisotopic (exact) mass is 222 g/mol. The lowest BCUT2D eigenvalue weighted by molar-refractivity contribution is 0.199. The van der Waals surface area contributed by atoms with E-state index in [0.717, 1.165) is 10.6 Å². The minimum atomic E-state index is -0.489. The van der Waals surface area contributed by atoms with E-state index in [0.29, 0.717) is 5.22 Å². The molecule has 2 heterocycles. The average Bonchev–Trinajstić information content (AvgIpc) is 2.71. The molecule has 0 fully saturated rings. The molecule has 78 valence electrons. The van der Waals surface area contributed by atoms with E-state index in [4.69, 9.17) is 4.42 Å². The molecule has 4 nitrogen and oxygen atoms in total. The van der Waals surface area contributed by atoms with Gasteiger partial charge in [-0.05, 0) is 36.4 Å². The predicted octanol–water partition coefficient (Wildman–Crippen LogP) is 2.27. The molecule has 2 aromatic rings. The third-order valence-electron chi connectivity index (χ3n) is 1.84. The topological polar surface area (TPSA) is 59.2 Å². The average molecular weight is 222 g/mol. The third kappa shape index (κ3) is 2.57. The van der Waals surface area contributed by atoms with Crippen LogP contribution >= 0.6 is 11.8 Å². The highest BCUT2D eigenvalue weighted by Crippen LogP contribution is 2.25. The molecule has 0 aromatic carbocycles. The number of hydrogen-bond acceptors (Lipinski definition) is 5. The van der Waals surface area contributed by atoms with E-state index in [9.17, 15) is 5.11 Å². The van der Waals surface area contributed by atoms with E-state index in [1.165, 1.54) is 18.0 Å². The lowest BCUT2D eigenvalue weighted by Gasteiger charge is -2.04. The van der Waals surface area contributed by atoms with Crippen molar-refractivity contribution in [2.24, 2.45) is 0 Å². The zero-order chi connectivity index (χ0) is 10.7. The van der Waals surface area contributed by atoms with Crippen LogP contribution in [0.25, 0.3) is 0 Å². The number of rotatable bonds is 3. The van der Waals surface area contributed by atoms with E-state index in [1.807, 2.05) is 6.07 Å². The van der Waals surface area contributed by atoms with Gasteiger partial charge in [0.1, 0.15) is 11.3 Å². The molecule has 1 atom stereocenters. The van der Waals surface area contributed by atoms with E-state index in [-0.39, 0.29) is 0 Å². The van der Waals surface area contributed by atoms with Gasteiger partial charge in [0, 0.05) is 6.20 Å². The van der Waals surface area contributed by atoms with Gasteiger partial charge >= 0.3 is 0 Å². The first-order valence-corrected chi connectivity index (χ1v) is 5.29. The van der Waals surface area contributed by atoms with Gasteiger partial charge < -0.3 is 9.52 Å². The Hall–Kier alpha value is -1.33. The van der Waals surface area contributed by atoms with Crippen molar-refractivity contribution in [3.05, 3.63) is 36.4 Å². The van der Waals surface area contributed by atoms with Crippen molar-refractivity contribution in [1.82, 2.24) is 9.97 Å². The summed E-state index contributed by atoms with van der Waals surface area (Å²) in [5, 5.41) is 10.7. The number of nitrogens with zero attached hydrogens (tertiary/aromatic N) is 2. The molecule has 2 aromatic heterocycles. The number of aliphatic hydroxyl groups is 1. The number of pyridine rings is 1. The summed E-state index contributed by atoms with van der Waals surface area (Å²) in [5.41, 5.74) is 0.832. The lowest BCUT2D eigenvalue weighted by Crippen LogP contribution is -1.92. The SMILES string of the molecule is CC(O)c1ccnc(Sc2ncco2)c1. The zero-order valence-corrected chi connectivity index (χ0v) is 8.94. The lowest BCUT2D eigenvalue weighted by atomic mass is 10.2. The Labute approximate surface area is 91.4 Å². The molecule has 5 heteroatoms. The van der Waals surface area contributed by atoms with E-state index < -0.39 is 6.10 Å². The van der Waals surface area contributed by atoms with Gasteiger partial charge in [-0.2, -0.15) is 0 Å². The molecular formula is C10H10N2O2S. The summed E-state index contributed by atoms with van der Waals surface area (Å²) in [6.07, 6.45) is 4.27. The number of hydrogen-bond donors (Lipinski definition) is 1. The van der Waals surface area contributed by atoms with Crippen molar-refractivity contribution in [3.63, 3.8) is 0 Å². The molecule has 1 unspecified atom stereocenters. The van der Waals surface area contributed by atoms with Crippen LogP contribution in [0.4, 0.5) is 0 Å². The summed E-state index contributed by atoms with van der Waals surface area (Å²) >= 11 is 1.33. The molecule has 0 aliphatic carbocycles. The van der Waals surface area contributed by atoms with Crippen LogP contribution in [-0.2, 0) is 0 Å². The van der Waals surface area contributed by atoms with Crippen LogP contribution in [0.2, 0.25) is 0 Å². The van der Waals surface area contributed by atoms with Crippen molar-refractivity contribution in [2.45, 2.75) is 23.3 Å². The quantitative estimate of drug-likeness (QED) is 0.863. The van der Waals surface area contributed by atoms with Gasteiger partial charge in [0.25, 0.3) is 5.22 Å². The molecule has 0 aliphatic rings. The zero-order valence-electron chi connectivity index (χ0n) is 8.12. The Bertz CT molecular complexity index is 429. The Morgan fingerprint density at radius 2 is 2.27 bits per heavy atom. The van der Waals surface area contributed by atoms with Crippen LogP contribution in [0.1, 0.15) is 18.6 Å². The molecule has 0 bridgehead atoms. The molecule has 0 saturated heterocycles. The fourth-order valence-electron chi connectivity index (χ4n) is 1.09. The van der Waals surface area contributed by atoms with Gasteiger partial charge in [-0.15, -0.1) is 0 Å². The summed E-state index contributed by atoms with van der Waals surface area (Å²) in [6.45, 7) is 1.72. The predicted molar refractivity (Wildman–Crippen MR) is 55.5 cm³/mol. The van der Waals surface area contributed by atoms with Crippen LogP contribution in [0.5, 0.6) is 0 Å². The number of aliphatic hydroxyl groups excluding tert-OH is 1. The van der Waals surface area contributed by atoms with Crippen molar-refractivity contribution >= 4 is 11.8 Å². The minimum absolute atomic E-state index is 0.489. The maximum absolute atomic E-state index is 9.40. The molecule has 0 radical (unpaired) electrons. The van der Waals surface area contributed by atoms with Crippen molar-refractivity contribution in [2.75, 3.05) is 0 Å². The summed E-state index contributed by atoms with van der Waals surface area (Å²) in [4.78, 5) is 8.13. The number of oxazole rings is 1. The van der Waals surface area contributed by atoms with E-state index >= 15 is 0 Å². The fraction of sp³-hybridized carbons (Fsp3) is 0.200. The normalized spacial score (nSPS) is 12.7. The summed E-state index contributed by atoms with van der Waals surface area (Å²) in [6, 6.07) is 3.60. The Kier molecular flexibility index (Phi) is 3.03. The fourth-order valence-corrected chi connectivity index (χ4v) is 1.80. The van der Waals surface area contributed by atoms with Crippen molar-refractivity contribution in [3.8, 4) is 0 Å². The molecule has 1 N–H and O–H groups in total. The van der Waals surface area contributed by atoms with Crippen molar-refractivity contribution < 1.29 is 9.52 Å². The van der Waals surface area contributed by atoms with Crippen molar-refractivity contribution in [1.29, 1.82) is 0 Å². The van der Waals surface area contributed by atoms with Gasteiger partial charge in [-0.25, -0.2) is 9.97 Å². The number of aromatic nitrogens is 2. The summed E-state index contributed by atoms with van der Waals surface area (Å²) in [5.74, 6) is 0. The van der Waals surface area contributed by atoms with Crippen LogP contribution in [0.15, 0.2) is 45.5 Å². The molecule has 0 saturated carbocycles. The maximum Gasteiger partial charge on any atom is 0.261 e. The van der Waals surface area contributed by atoms with Gasteiger partial charge in [-0.1, -0.05) is 0 Å². The van der Waals surface area contributed by atoms with Gasteiger partial charge in [0.2, 0.25) is 0 Å². The van der Waals surface area contributed by atoms with Crippen LogP contribution in [0.3, 0.4) is 0 Å². The summed E-state index contributed by atoms with van der Waals surface area (Å²) in [7, 11) is 0.